The summed E-state index contributed by atoms with van der Waals surface area (Å²) >= 11 is 0. The fourth-order valence-corrected chi connectivity index (χ4v) is 2.98. The van der Waals surface area contributed by atoms with Crippen LogP contribution in [0.2, 0.25) is 0 Å². The van der Waals surface area contributed by atoms with E-state index in [1.54, 1.807) is 24.4 Å². The molecule has 0 saturated carbocycles. The van der Waals surface area contributed by atoms with Gasteiger partial charge in [-0.1, -0.05) is 18.2 Å². The van der Waals surface area contributed by atoms with Gasteiger partial charge in [0, 0.05) is 29.8 Å². The molecule has 1 aromatic carbocycles. The van der Waals surface area contributed by atoms with Crippen LogP contribution in [0.3, 0.4) is 0 Å². The second kappa shape index (κ2) is 5.95. The van der Waals surface area contributed by atoms with E-state index in [4.69, 9.17) is 0 Å². The highest BCUT2D eigenvalue weighted by Crippen LogP contribution is 2.21. The van der Waals surface area contributed by atoms with Gasteiger partial charge in [-0.05, 0) is 36.4 Å². The molecule has 0 saturated heterocycles. The van der Waals surface area contributed by atoms with Crippen LogP contribution in [0.4, 0.5) is 5.69 Å². The van der Waals surface area contributed by atoms with Crippen LogP contribution >= 0.6 is 0 Å². The largest absolute Gasteiger partial charge is 0.280 e. The highest BCUT2D eigenvalue weighted by molar-refractivity contribution is 7.92. The second-order valence-electron chi connectivity index (χ2n) is 4.59. The minimum Gasteiger partial charge on any atom is -0.280 e. The highest BCUT2D eigenvalue weighted by atomic mass is 32.2. The van der Waals surface area contributed by atoms with E-state index in [2.05, 4.69) is 14.7 Å². The predicted octanol–water partition coefficient (Wildman–Crippen LogP) is 2.94. The van der Waals surface area contributed by atoms with Crippen LogP contribution in [0.5, 0.6) is 0 Å². The lowest BCUT2D eigenvalue weighted by Gasteiger charge is -2.08. The maximum atomic E-state index is 12.2. The molecule has 0 radical (unpaired) electrons. The van der Waals surface area contributed by atoms with Crippen molar-refractivity contribution in [3.05, 3.63) is 73.2 Å². The maximum Gasteiger partial charge on any atom is 0.263 e. The number of nitrogens with one attached hydrogen (secondary N) is 1. The van der Waals surface area contributed by atoms with Crippen LogP contribution in [0, 0.1) is 0 Å². The molecule has 0 bridgehead atoms. The van der Waals surface area contributed by atoms with Gasteiger partial charge in [-0.15, -0.1) is 0 Å². The van der Waals surface area contributed by atoms with Gasteiger partial charge in [-0.25, -0.2) is 8.42 Å². The molecular weight excluding hydrogens is 298 g/mol. The summed E-state index contributed by atoms with van der Waals surface area (Å²) in [5.74, 6) is 0. The summed E-state index contributed by atoms with van der Waals surface area (Å²) in [6.45, 7) is 0. The number of aromatic nitrogens is 2. The van der Waals surface area contributed by atoms with E-state index in [0.717, 1.165) is 11.3 Å². The molecule has 0 amide bonds. The van der Waals surface area contributed by atoms with Gasteiger partial charge in [0.05, 0.1) is 5.69 Å². The average molecular weight is 311 g/mol. The van der Waals surface area contributed by atoms with Crippen molar-refractivity contribution in [3.63, 3.8) is 0 Å². The Bertz CT molecular complexity index is 849. The molecule has 6 heteroatoms. The van der Waals surface area contributed by atoms with Crippen LogP contribution in [-0.2, 0) is 10.0 Å². The Morgan fingerprint density at radius 2 is 1.68 bits per heavy atom. The van der Waals surface area contributed by atoms with Gasteiger partial charge in [0.25, 0.3) is 10.0 Å². The molecule has 0 aliphatic rings. The van der Waals surface area contributed by atoms with E-state index in [0.29, 0.717) is 5.69 Å². The quantitative estimate of drug-likeness (QED) is 0.804. The Kier molecular flexibility index (Phi) is 3.84. The number of benzene rings is 1. The van der Waals surface area contributed by atoms with E-state index >= 15 is 0 Å². The lowest BCUT2D eigenvalue weighted by Crippen LogP contribution is -2.12. The molecule has 0 spiro atoms. The van der Waals surface area contributed by atoms with Crippen molar-refractivity contribution in [2.75, 3.05) is 4.72 Å². The van der Waals surface area contributed by atoms with Crippen LogP contribution in [-0.4, -0.2) is 18.4 Å². The molecule has 110 valence electrons. The topological polar surface area (TPSA) is 72.0 Å². The molecule has 5 nitrogen and oxygen atoms in total. The fourth-order valence-electron chi connectivity index (χ4n) is 1.96. The highest BCUT2D eigenvalue weighted by Gasteiger charge is 2.13. The maximum absolute atomic E-state index is 12.2. The van der Waals surface area contributed by atoms with E-state index in [-0.39, 0.29) is 4.90 Å². The molecule has 1 N–H and O–H groups in total. The van der Waals surface area contributed by atoms with Gasteiger partial charge in [0.1, 0.15) is 4.90 Å². The third-order valence-electron chi connectivity index (χ3n) is 3.04. The molecule has 0 aliphatic carbocycles. The Balaban J connectivity index is 1.83. The Labute approximate surface area is 128 Å². The molecule has 2 aromatic heterocycles. The first kappa shape index (κ1) is 14.2. The summed E-state index contributed by atoms with van der Waals surface area (Å²) < 4.78 is 26.9. The third kappa shape index (κ3) is 3.12. The zero-order chi connectivity index (χ0) is 15.4. The summed E-state index contributed by atoms with van der Waals surface area (Å²) in [6, 6.07) is 15.8. The summed E-state index contributed by atoms with van der Waals surface area (Å²) in [5.41, 5.74) is 2.25. The van der Waals surface area contributed by atoms with Crippen molar-refractivity contribution in [2.24, 2.45) is 0 Å². The zero-order valence-electron chi connectivity index (χ0n) is 11.5. The van der Waals surface area contributed by atoms with E-state index in [1.807, 2.05) is 30.3 Å². The van der Waals surface area contributed by atoms with Gasteiger partial charge in [0.2, 0.25) is 0 Å². The molecule has 0 fully saturated rings. The van der Waals surface area contributed by atoms with Crippen molar-refractivity contribution in [1.29, 1.82) is 0 Å². The summed E-state index contributed by atoms with van der Waals surface area (Å²) in [5, 5.41) is 0. The average Bonchev–Trinajstić information content (AvgIpc) is 2.57. The predicted molar refractivity (Wildman–Crippen MR) is 84.7 cm³/mol. The lowest BCUT2D eigenvalue weighted by atomic mass is 10.1. The van der Waals surface area contributed by atoms with Gasteiger partial charge < -0.3 is 0 Å². The Morgan fingerprint density at radius 3 is 2.32 bits per heavy atom. The molecule has 0 aliphatic heterocycles. The van der Waals surface area contributed by atoms with Crippen molar-refractivity contribution in [1.82, 2.24) is 9.97 Å². The molecule has 3 rings (SSSR count). The van der Waals surface area contributed by atoms with E-state index in [9.17, 15) is 8.42 Å². The van der Waals surface area contributed by atoms with Crippen molar-refractivity contribution in [2.45, 2.75) is 4.90 Å². The minimum absolute atomic E-state index is 0.129. The summed E-state index contributed by atoms with van der Waals surface area (Å²) in [4.78, 5) is 8.20. The summed E-state index contributed by atoms with van der Waals surface area (Å²) in [6.07, 6.45) is 4.56. The zero-order valence-corrected chi connectivity index (χ0v) is 12.4. The second-order valence-corrected chi connectivity index (χ2v) is 6.27. The number of anilines is 1. The molecular formula is C16H13N3O2S. The number of nitrogens with zero attached hydrogens (tertiary/aromatic N) is 2. The van der Waals surface area contributed by atoms with Crippen LogP contribution in [0.25, 0.3) is 11.3 Å². The van der Waals surface area contributed by atoms with Crippen molar-refractivity contribution in [3.8, 4) is 11.3 Å². The number of hydrogen-bond donors (Lipinski definition) is 1. The number of pyridine rings is 2. The minimum atomic E-state index is -3.62. The standard InChI is InChI=1S/C16H13N3O2S/c20-22(21,15-4-3-10-17-12-15)19-14-8-6-13(7-9-14)16-5-1-2-11-18-16/h1-12,19H. The van der Waals surface area contributed by atoms with Crippen molar-refractivity contribution >= 4 is 15.7 Å². The van der Waals surface area contributed by atoms with Gasteiger partial charge >= 0.3 is 0 Å². The van der Waals surface area contributed by atoms with Crippen LogP contribution in [0.15, 0.2) is 78.1 Å². The number of sulfonamides is 1. The number of rotatable bonds is 4. The van der Waals surface area contributed by atoms with Gasteiger partial charge in [-0.3, -0.25) is 14.7 Å². The van der Waals surface area contributed by atoms with E-state index < -0.39 is 10.0 Å². The number of hydrogen-bond acceptors (Lipinski definition) is 4. The van der Waals surface area contributed by atoms with Gasteiger partial charge in [0.15, 0.2) is 0 Å². The fraction of sp³-hybridized carbons (Fsp3) is 0. The molecule has 22 heavy (non-hydrogen) atoms. The van der Waals surface area contributed by atoms with Crippen LogP contribution < -0.4 is 4.72 Å². The Hall–Kier alpha value is -2.73. The monoisotopic (exact) mass is 311 g/mol. The first-order chi connectivity index (χ1) is 10.6. The smallest absolute Gasteiger partial charge is 0.263 e. The molecule has 0 unspecified atom stereocenters. The summed E-state index contributed by atoms with van der Waals surface area (Å²) in [7, 11) is -3.62. The van der Waals surface area contributed by atoms with Crippen molar-refractivity contribution < 1.29 is 8.42 Å². The SMILES string of the molecule is O=S(=O)(Nc1ccc(-c2ccccn2)cc1)c1cccnc1. The van der Waals surface area contributed by atoms with Crippen LogP contribution in [0.1, 0.15) is 0 Å². The molecule has 2 heterocycles. The first-order valence-corrected chi connectivity index (χ1v) is 8.08. The Morgan fingerprint density at radius 1 is 0.864 bits per heavy atom. The molecule has 3 aromatic rings. The van der Waals surface area contributed by atoms with Gasteiger partial charge in [-0.2, -0.15) is 0 Å². The lowest BCUT2D eigenvalue weighted by molar-refractivity contribution is 0.601. The molecule has 0 atom stereocenters. The van der Waals surface area contributed by atoms with E-state index in [1.165, 1.54) is 18.5 Å². The third-order valence-corrected chi connectivity index (χ3v) is 4.41. The normalized spacial score (nSPS) is 11.1. The first-order valence-electron chi connectivity index (χ1n) is 6.59.